The van der Waals surface area contributed by atoms with Gasteiger partial charge in [-0.05, 0) is 102 Å². The van der Waals surface area contributed by atoms with E-state index in [-0.39, 0.29) is 22.9 Å². The van der Waals surface area contributed by atoms with Crippen molar-refractivity contribution in [1.29, 1.82) is 0 Å². The molecule has 0 amide bonds. The highest BCUT2D eigenvalue weighted by Gasteiger charge is 2.20. The van der Waals surface area contributed by atoms with Crippen molar-refractivity contribution in [1.82, 2.24) is 4.90 Å². The summed E-state index contributed by atoms with van der Waals surface area (Å²) in [6.45, 7) is 17.8. The van der Waals surface area contributed by atoms with Crippen molar-refractivity contribution in [2.45, 2.75) is 202 Å². The van der Waals surface area contributed by atoms with Crippen LogP contribution in [0.4, 0.5) is 0 Å². The first-order chi connectivity index (χ1) is 24.0. The highest BCUT2D eigenvalue weighted by molar-refractivity contribution is 5.69. The molecule has 0 aliphatic heterocycles. The van der Waals surface area contributed by atoms with Gasteiger partial charge in [-0.1, -0.05) is 143 Å². The van der Waals surface area contributed by atoms with Crippen LogP contribution in [0.3, 0.4) is 0 Å². The average Bonchev–Trinajstić information content (AvgIpc) is 3.05. The standard InChI is InChI=1S/C45H87NO4/c1-9-11-13-15-17-19-21-29-38-48-40-44(3,4)35-27-23-25-32-42(50-43(47)34-31-37-46(7)8)33-26-24-28-36-45(5,6)41-49-39-30-22-20-18-16-14-12-10-2/h21-22,29-30,42H,9-20,23-28,31-41H2,1-8H3/b29-21-,30-22-. The number of allylic oxidation sites excluding steroid dienone is 2. The monoisotopic (exact) mass is 706 g/mol. The molecule has 0 unspecified atom stereocenters. The number of rotatable bonds is 37. The fraction of sp³-hybridized carbons (Fsp3) is 0.889. The highest BCUT2D eigenvalue weighted by Crippen LogP contribution is 2.27. The summed E-state index contributed by atoms with van der Waals surface area (Å²) in [7, 11) is 4.11. The summed E-state index contributed by atoms with van der Waals surface area (Å²) >= 11 is 0. The number of ether oxygens (including phenoxy) is 3. The van der Waals surface area contributed by atoms with Crippen LogP contribution in [0.2, 0.25) is 0 Å². The first-order valence-corrected chi connectivity index (χ1v) is 21.3. The number of hydrogen-bond acceptors (Lipinski definition) is 5. The molecule has 0 bridgehead atoms. The third-order valence-electron chi connectivity index (χ3n) is 9.74. The van der Waals surface area contributed by atoms with Crippen LogP contribution in [-0.2, 0) is 19.0 Å². The Labute approximate surface area is 313 Å². The van der Waals surface area contributed by atoms with Gasteiger partial charge in [-0.15, -0.1) is 0 Å². The molecule has 0 rings (SSSR count). The maximum atomic E-state index is 12.7. The molecule has 0 aromatic rings. The minimum absolute atomic E-state index is 0.0236. The second-order valence-electron chi connectivity index (χ2n) is 16.9. The summed E-state index contributed by atoms with van der Waals surface area (Å²) in [6.07, 6.45) is 37.4. The van der Waals surface area contributed by atoms with Gasteiger partial charge in [0.15, 0.2) is 0 Å². The van der Waals surface area contributed by atoms with Crippen LogP contribution in [0.5, 0.6) is 0 Å². The second-order valence-corrected chi connectivity index (χ2v) is 16.9. The third-order valence-corrected chi connectivity index (χ3v) is 9.74. The summed E-state index contributed by atoms with van der Waals surface area (Å²) < 4.78 is 18.1. The molecule has 296 valence electrons. The number of unbranched alkanes of at least 4 members (excludes halogenated alkanes) is 14. The highest BCUT2D eigenvalue weighted by atomic mass is 16.5. The Hall–Kier alpha value is -1.17. The smallest absolute Gasteiger partial charge is 0.306 e. The predicted octanol–water partition coefficient (Wildman–Crippen LogP) is 13.1. The van der Waals surface area contributed by atoms with E-state index in [1.165, 1.54) is 103 Å². The van der Waals surface area contributed by atoms with E-state index in [1.54, 1.807) is 0 Å². The SMILES string of the molecule is CCCCCCC/C=C\COCC(C)(C)CCCCCC(CCCCCC(C)(C)COC/C=C\CCCCCCC)OC(=O)CCCN(C)C. The Morgan fingerprint density at radius 2 is 1.02 bits per heavy atom. The lowest BCUT2D eigenvalue weighted by molar-refractivity contribution is -0.150. The van der Waals surface area contributed by atoms with Crippen molar-refractivity contribution >= 4 is 5.97 Å². The van der Waals surface area contributed by atoms with Crippen LogP contribution in [0.25, 0.3) is 0 Å². The first kappa shape index (κ1) is 48.8. The van der Waals surface area contributed by atoms with E-state index >= 15 is 0 Å². The molecule has 5 heteroatoms. The van der Waals surface area contributed by atoms with Gasteiger partial charge in [0.05, 0.1) is 26.4 Å². The number of hydrogen-bond donors (Lipinski definition) is 0. The molecule has 0 heterocycles. The Morgan fingerprint density at radius 3 is 1.46 bits per heavy atom. The zero-order chi connectivity index (χ0) is 37.2. The molecule has 50 heavy (non-hydrogen) atoms. The maximum absolute atomic E-state index is 12.7. The molecular weight excluding hydrogens is 618 g/mol. The zero-order valence-corrected chi connectivity index (χ0v) is 35.0. The van der Waals surface area contributed by atoms with Gasteiger partial charge in [-0.3, -0.25) is 4.79 Å². The fourth-order valence-corrected chi connectivity index (χ4v) is 6.41. The van der Waals surface area contributed by atoms with Gasteiger partial charge < -0.3 is 19.1 Å². The van der Waals surface area contributed by atoms with E-state index in [1.807, 2.05) is 0 Å². The Kier molecular flexibility index (Phi) is 32.9. The molecule has 0 aromatic heterocycles. The number of carbonyl (C=O) groups is 1. The van der Waals surface area contributed by atoms with Gasteiger partial charge in [-0.2, -0.15) is 0 Å². The molecule has 5 nitrogen and oxygen atoms in total. The van der Waals surface area contributed by atoms with Gasteiger partial charge in [0, 0.05) is 6.42 Å². The Bertz CT molecular complexity index is 751. The molecular formula is C45H87NO4. The van der Waals surface area contributed by atoms with Crippen LogP contribution in [0.15, 0.2) is 24.3 Å². The molecule has 0 saturated heterocycles. The van der Waals surface area contributed by atoms with Gasteiger partial charge in [0.1, 0.15) is 6.10 Å². The topological polar surface area (TPSA) is 48.0 Å². The van der Waals surface area contributed by atoms with Crippen molar-refractivity contribution in [2.24, 2.45) is 10.8 Å². The molecule has 0 N–H and O–H groups in total. The average molecular weight is 706 g/mol. The van der Waals surface area contributed by atoms with Gasteiger partial charge in [0.25, 0.3) is 0 Å². The molecule has 0 fully saturated rings. The van der Waals surface area contributed by atoms with E-state index in [2.05, 4.69) is 84.8 Å². The first-order valence-electron chi connectivity index (χ1n) is 21.3. The summed E-state index contributed by atoms with van der Waals surface area (Å²) in [5.41, 5.74) is 0.380. The van der Waals surface area contributed by atoms with Gasteiger partial charge >= 0.3 is 5.97 Å². The van der Waals surface area contributed by atoms with Gasteiger partial charge in [-0.25, -0.2) is 0 Å². The summed E-state index contributed by atoms with van der Waals surface area (Å²) in [5, 5.41) is 0. The van der Waals surface area contributed by atoms with E-state index in [0.717, 1.165) is 77.9 Å². The molecule has 0 aliphatic rings. The molecule has 0 saturated carbocycles. The largest absolute Gasteiger partial charge is 0.462 e. The van der Waals surface area contributed by atoms with Crippen LogP contribution < -0.4 is 0 Å². The summed E-state index contributed by atoms with van der Waals surface area (Å²) in [6, 6.07) is 0. The summed E-state index contributed by atoms with van der Waals surface area (Å²) in [4.78, 5) is 14.8. The third kappa shape index (κ3) is 35.2. The van der Waals surface area contributed by atoms with Crippen molar-refractivity contribution in [3.05, 3.63) is 24.3 Å². The Balaban J connectivity index is 4.36. The molecule has 0 aromatic carbocycles. The van der Waals surface area contributed by atoms with E-state index in [9.17, 15) is 4.79 Å². The van der Waals surface area contributed by atoms with Crippen LogP contribution in [0.1, 0.15) is 196 Å². The number of carbonyl (C=O) groups excluding carboxylic acids is 1. The predicted molar refractivity (Wildman–Crippen MR) is 218 cm³/mol. The minimum Gasteiger partial charge on any atom is -0.462 e. The molecule has 0 aliphatic carbocycles. The van der Waals surface area contributed by atoms with Crippen molar-refractivity contribution in [2.75, 3.05) is 47.1 Å². The minimum atomic E-state index is -0.0236. The molecule has 0 radical (unpaired) electrons. The summed E-state index contributed by atoms with van der Waals surface area (Å²) in [5.74, 6) is -0.0236. The zero-order valence-electron chi connectivity index (χ0n) is 35.0. The lowest BCUT2D eigenvalue weighted by Crippen LogP contribution is -2.21. The van der Waals surface area contributed by atoms with Crippen molar-refractivity contribution in [3.63, 3.8) is 0 Å². The quantitative estimate of drug-likeness (QED) is 0.0366. The number of nitrogens with zero attached hydrogens (tertiary/aromatic N) is 1. The second kappa shape index (κ2) is 33.7. The Morgan fingerprint density at radius 1 is 0.580 bits per heavy atom. The fourth-order valence-electron chi connectivity index (χ4n) is 6.41. The van der Waals surface area contributed by atoms with Crippen LogP contribution in [-0.4, -0.2) is 64.0 Å². The van der Waals surface area contributed by atoms with Crippen LogP contribution >= 0.6 is 0 Å². The van der Waals surface area contributed by atoms with E-state index in [0.29, 0.717) is 6.42 Å². The lowest BCUT2D eigenvalue weighted by Gasteiger charge is -2.25. The van der Waals surface area contributed by atoms with Gasteiger partial charge in [0.2, 0.25) is 0 Å². The maximum Gasteiger partial charge on any atom is 0.306 e. The number of esters is 1. The normalized spacial score (nSPS) is 12.8. The van der Waals surface area contributed by atoms with Crippen molar-refractivity contribution in [3.8, 4) is 0 Å². The van der Waals surface area contributed by atoms with E-state index < -0.39 is 0 Å². The molecule has 0 atom stereocenters. The molecule has 0 spiro atoms. The van der Waals surface area contributed by atoms with E-state index in [4.69, 9.17) is 14.2 Å². The van der Waals surface area contributed by atoms with Crippen molar-refractivity contribution < 1.29 is 19.0 Å². The van der Waals surface area contributed by atoms with Crippen LogP contribution in [0, 0.1) is 10.8 Å². The lowest BCUT2D eigenvalue weighted by atomic mass is 9.87.